The Morgan fingerprint density at radius 1 is 1.11 bits per heavy atom. The molecule has 55 valence electrons. The summed E-state index contributed by atoms with van der Waals surface area (Å²) >= 11 is 0. The van der Waals surface area contributed by atoms with Gasteiger partial charge in [0, 0.05) is 32.7 Å². The Balaban J connectivity index is -0.000000180. The molecule has 1 radical (unpaired) electrons. The molecule has 0 spiro atoms. The molecule has 0 bridgehead atoms. The molecule has 0 N–H and O–H groups in total. The van der Waals surface area contributed by atoms with Crippen LogP contribution in [0, 0.1) is 6.92 Å². The van der Waals surface area contributed by atoms with Gasteiger partial charge in [0.25, 0.3) is 0 Å². The number of unbranched alkanes of at least 4 members (excludes halogenated alkanes) is 4. The van der Waals surface area contributed by atoms with E-state index < -0.39 is 0 Å². The van der Waals surface area contributed by atoms with Gasteiger partial charge in [-0.1, -0.05) is 40.0 Å². The minimum absolute atomic E-state index is 0. The maximum absolute atomic E-state index is 3.76. The van der Waals surface area contributed by atoms with Gasteiger partial charge >= 0.3 is 0 Å². The van der Waals surface area contributed by atoms with Gasteiger partial charge in [-0.25, -0.2) is 0 Å². The minimum atomic E-state index is 0. The Bertz CT molecular complexity index is 23.7. The van der Waals surface area contributed by atoms with Crippen LogP contribution in [0.15, 0.2) is 0 Å². The molecule has 0 aromatic carbocycles. The zero-order valence-corrected chi connectivity index (χ0v) is 8.66. The third kappa shape index (κ3) is 17.6. The maximum Gasteiger partial charge on any atom is 0 e. The number of hydrogen-bond donors (Lipinski definition) is 0. The molecule has 0 atom stereocenters. The van der Waals surface area contributed by atoms with Crippen LogP contribution in [0.4, 0.5) is 0 Å². The average Bonchev–Trinajstić information content (AvgIpc) is 1.69. The predicted octanol–water partition coefficient (Wildman–Crippen LogP) is 3.42. The Labute approximate surface area is 85.7 Å². The van der Waals surface area contributed by atoms with E-state index in [9.17, 15) is 0 Å². The van der Waals surface area contributed by atoms with Gasteiger partial charge in [-0.05, 0) is 0 Å². The summed E-state index contributed by atoms with van der Waals surface area (Å²) in [6, 6.07) is 0. The van der Waals surface area contributed by atoms with Crippen LogP contribution < -0.4 is 0 Å². The second-order valence-corrected chi connectivity index (χ2v) is 1.91. The van der Waals surface area contributed by atoms with Crippen LogP contribution in [-0.2, 0) is 32.7 Å². The van der Waals surface area contributed by atoms with Crippen molar-refractivity contribution in [1.82, 2.24) is 0 Å². The third-order valence-corrected chi connectivity index (χ3v) is 1.10. The molecule has 0 saturated heterocycles. The van der Waals surface area contributed by atoms with Crippen LogP contribution in [0.5, 0.6) is 0 Å². The summed E-state index contributed by atoms with van der Waals surface area (Å²) in [7, 11) is 0. The van der Waals surface area contributed by atoms with E-state index in [1.807, 2.05) is 0 Å². The molecule has 9 heavy (non-hydrogen) atoms. The molecule has 0 aromatic rings. The molecule has 0 aliphatic rings. The molecule has 0 nitrogen and oxygen atoms in total. The Kier molecular flexibility index (Phi) is 29.6. The van der Waals surface area contributed by atoms with Gasteiger partial charge in [0.2, 0.25) is 0 Å². The van der Waals surface area contributed by atoms with Crippen LogP contribution in [0.1, 0.15) is 46.5 Å². The maximum atomic E-state index is 3.76. The molecular formula is C8H19Y-. The van der Waals surface area contributed by atoms with Gasteiger partial charge in [-0.2, -0.15) is 6.42 Å². The monoisotopic (exact) mass is 204 g/mol. The van der Waals surface area contributed by atoms with E-state index in [1.165, 1.54) is 25.7 Å². The van der Waals surface area contributed by atoms with Gasteiger partial charge in [-0.3, -0.25) is 0 Å². The van der Waals surface area contributed by atoms with E-state index >= 15 is 0 Å². The van der Waals surface area contributed by atoms with E-state index in [0.717, 1.165) is 6.42 Å². The number of hydrogen-bond acceptors (Lipinski definition) is 0. The predicted molar refractivity (Wildman–Crippen MR) is 40.8 cm³/mol. The van der Waals surface area contributed by atoms with Gasteiger partial charge in [0.15, 0.2) is 0 Å². The first-order valence-electron chi connectivity index (χ1n) is 3.21. The van der Waals surface area contributed by atoms with E-state index in [0.29, 0.717) is 0 Å². The van der Waals surface area contributed by atoms with Crippen LogP contribution in [0.3, 0.4) is 0 Å². The quantitative estimate of drug-likeness (QED) is 0.486. The van der Waals surface area contributed by atoms with Crippen molar-refractivity contribution in [2.24, 2.45) is 0 Å². The molecule has 0 rings (SSSR count). The van der Waals surface area contributed by atoms with Gasteiger partial charge in [-0.15, -0.1) is 0 Å². The molecule has 0 aromatic heterocycles. The van der Waals surface area contributed by atoms with Crippen molar-refractivity contribution in [3.63, 3.8) is 0 Å². The van der Waals surface area contributed by atoms with Gasteiger partial charge < -0.3 is 6.92 Å². The SMILES string of the molecule is C.[CH2-]CCCCCC.[Y]. The fourth-order valence-electron chi connectivity index (χ4n) is 0.604. The largest absolute Gasteiger partial charge is 0.343 e. The first kappa shape index (κ1) is 16.6. The Morgan fingerprint density at radius 2 is 1.67 bits per heavy atom. The molecule has 1 heteroatoms. The molecule has 0 fully saturated rings. The van der Waals surface area contributed by atoms with Crippen molar-refractivity contribution < 1.29 is 32.7 Å². The molecule has 0 saturated carbocycles. The molecular weight excluding hydrogens is 185 g/mol. The number of rotatable bonds is 4. The summed E-state index contributed by atoms with van der Waals surface area (Å²) in [5, 5.41) is 0. The Morgan fingerprint density at radius 3 is 2.00 bits per heavy atom. The van der Waals surface area contributed by atoms with Crippen LogP contribution >= 0.6 is 0 Å². The average molecular weight is 204 g/mol. The smallest absolute Gasteiger partial charge is 0 e. The molecule has 0 aliphatic heterocycles. The summed E-state index contributed by atoms with van der Waals surface area (Å²) in [6.07, 6.45) is 6.52. The first-order valence-corrected chi connectivity index (χ1v) is 3.21. The van der Waals surface area contributed by atoms with Crippen molar-refractivity contribution in [3.8, 4) is 0 Å². The standard InChI is InChI=1S/C7H15.CH4.Y/c1-3-5-7-6-4-2;;/h1,3-7H2,2H3;1H4;/q-1;;. The normalized spacial score (nSPS) is 7.33. The summed E-state index contributed by atoms with van der Waals surface area (Å²) in [6.45, 7) is 5.98. The second kappa shape index (κ2) is 16.0. The zero-order valence-electron chi connectivity index (χ0n) is 5.82. The fraction of sp³-hybridized carbons (Fsp3) is 0.875. The van der Waals surface area contributed by atoms with E-state index in [2.05, 4.69) is 13.8 Å². The minimum Gasteiger partial charge on any atom is -0.343 e. The Hall–Kier alpha value is 1.10. The van der Waals surface area contributed by atoms with Crippen molar-refractivity contribution in [1.29, 1.82) is 0 Å². The molecule has 0 aliphatic carbocycles. The van der Waals surface area contributed by atoms with E-state index in [4.69, 9.17) is 0 Å². The van der Waals surface area contributed by atoms with E-state index in [-0.39, 0.29) is 40.1 Å². The first-order chi connectivity index (χ1) is 3.41. The fourth-order valence-corrected chi connectivity index (χ4v) is 0.604. The van der Waals surface area contributed by atoms with Crippen LogP contribution in [0.2, 0.25) is 0 Å². The molecule has 0 heterocycles. The molecule has 0 unspecified atom stereocenters. The summed E-state index contributed by atoms with van der Waals surface area (Å²) in [4.78, 5) is 0. The van der Waals surface area contributed by atoms with E-state index in [1.54, 1.807) is 0 Å². The van der Waals surface area contributed by atoms with Crippen LogP contribution in [-0.4, -0.2) is 0 Å². The van der Waals surface area contributed by atoms with Crippen molar-refractivity contribution >= 4 is 0 Å². The van der Waals surface area contributed by atoms with Gasteiger partial charge in [0.1, 0.15) is 0 Å². The zero-order chi connectivity index (χ0) is 5.54. The van der Waals surface area contributed by atoms with Crippen LogP contribution in [0.25, 0.3) is 0 Å². The van der Waals surface area contributed by atoms with Crippen molar-refractivity contribution in [3.05, 3.63) is 6.92 Å². The topological polar surface area (TPSA) is 0 Å². The summed E-state index contributed by atoms with van der Waals surface area (Å²) in [5.74, 6) is 0. The molecule has 0 amide bonds. The van der Waals surface area contributed by atoms with Crippen molar-refractivity contribution in [2.45, 2.75) is 46.5 Å². The summed E-state index contributed by atoms with van der Waals surface area (Å²) in [5.41, 5.74) is 0. The second-order valence-electron chi connectivity index (χ2n) is 1.91. The summed E-state index contributed by atoms with van der Waals surface area (Å²) < 4.78 is 0. The van der Waals surface area contributed by atoms with Gasteiger partial charge in [0.05, 0.1) is 0 Å². The van der Waals surface area contributed by atoms with Crippen molar-refractivity contribution in [2.75, 3.05) is 0 Å². The third-order valence-electron chi connectivity index (χ3n) is 1.10.